The van der Waals surface area contributed by atoms with Crippen molar-refractivity contribution in [1.29, 1.82) is 0 Å². The molecule has 0 unspecified atom stereocenters. The third-order valence-electron chi connectivity index (χ3n) is 5.08. The summed E-state index contributed by atoms with van der Waals surface area (Å²) >= 11 is 0. The highest BCUT2D eigenvalue weighted by Crippen LogP contribution is 2.24. The fourth-order valence-corrected chi connectivity index (χ4v) is 3.57. The number of carbonyl (C=O) groups excluding carboxylic acids is 1. The highest BCUT2D eigenvalue weighted by molar-refractivity contribution is 5.83. The first-order valence-corrected chi connectivity index (χ1v) is 9.00. The Kier molecular flexibility index (Phi) is 4.91. The molecule has 0 bridgehead atoms. The minimum Gasteiger partial charge on any atom is -0.388 e. The van der Waals surface area contributed by atoms with Crippen LogP contribution in [0.1, 0.15) is 19.8 Å². The summed E-state index contributed by atoms with van der Waals surface area (Å²) in [6.45, 7) is 2.54. The monoisotopic (exact) mass is 377 g/mol. The SMILES string of the molecule is C[C@@H]1O[C@H](Nc2ncnc3nc[nH]c23)[C@@H](O)[C@H](O)[C@H]1NC(=O)[C@H]1CCCN1. The Morgan fingerprint density at radius 1 is 1.30 bits per heavy atom. The number of fused-ring (bicyclic) bond motifs is 1. The molecule has 146 valence electrons. The molecule has 2 fully saturated rings. The molecule has 0 radical (unpaired) electrons. The molecule has 11 heteroatoms. The van der Waals surface area contributed by atoms with E-state index in [1.54, 1.807) is 6.92 Å². The first kappa shape index (κ1) is 18.0. The van der Waals surface area contributed by atoms with Gasteiger partial charge in [-0.25, -0.2) is 15.0 Å². The lowest BCUT2D eigenvalue weighted by atomic mass is 9.95. The largest absolute Gasteiger partial charge is 0.388 e. The van der Waals surface area contributed by atoms with E-state index in [0.717, 1.165) is 19.4 Å². The maximum Gasteiger partial charge on any atom is 0.237 e. The summed E-state index contributed by atoms with van der Waals surface area (Å²) in [6.07, 6.45) is 0.629. The zero-order valence-corrected chi connectivity index (χ0v) is 14.8. The predicted octanol–water partition coefficient (Wildman–Crippen LogP) is -1.53. The molecule has 2 aliphatic rings. The predicted molar refractivity (Wildman–Crippen MR) is 94.6 cm³/mol. The van der Waals surface area contributed by atoms with E-state index in [4.69, 9.17) is 4.74 Å². The van der Waals surface area contributed by atoms with E-state index in [-0.39, 0.29) is 11.9 Å². The second-order valence-electron chi connectivity index (χ2n) is 6.89. The highest BCUT2D eigenvalue weighted by atomic mass is 16.5. The molecular weight excluding hydrogens is 354 g/mol. The molecule has 0 spiro atoms. The van der Waals surface area contributed by atoms with Gasteiger partial charge in [-0.3, -0.25) is 4.79 Å². The van der Waals surface area contributed by atoms with Crippen molar-refractivity contribution in [3.63, 3.8) is 0 Å². The van der Waals surface area contributed by atoms with Gasteiger partial charge in [0.05, 0.1) is 24.5 Å². The number of nitrogens with one attached hydrogen (secondary N) is 4. The van der Waals surface area contributed by atoms with Crippen LogP contribution in [0.25, 0.3) is 11.2 Å². The van der Waals surface area contributed by atoms with Crippen molar-refractivity contribution < 1.29 is 19.7 Å². The van der Waals surface area contributed by atoms with E-state index >= 15 is 0 Å². The van der Waals surface area contributed by atoms with Crippen molar-refractivity contribution in [1.82, 2.24) is 30.6 Å². The van der Waals surface area contributed by atoms with Crippen LogP contribution in [0.5, 0.6) is 0 Å². The van der Waals surface area contributed by atoms with Crippen molar-refractivity contribution in [2.45, 2.75) is 56.4 Å². The lowest BCUT2D eigenvalue weighted by Crippen LogP contribution is -2.65. The second-order valence-corrected chi connectivity index (χ2v) is 6.89. The molecule has 27 heavy (non-hydrogen) atoms. The number of aromatic amines is 1. The summed E-state index contributed by atoms with van der Waals surface area (Å²) in [5.74, 6) is 0.208. The normalized spacial score (nSPS) is 33.9. The molecule has 4 heterocycles. The van der Waals surface area contributed by atoms with E-state index < -0.39 is 30.6 Å². The summed E-state index contributed by atoms with van der Waals surface area (Å²) in [5, 5.41) is 30.0. The summed E-state index contributed by atoms with van der Waals surface area (Å²) in [6, 6.07) is -0.988. The molecular formula is C16H23N7O4. The van der Waals surface area contributed by atoms with Crippen LogP contribution in [0, 0.1) is 0 Å². The van der Waals surface area contributed by atoms with Crippen molar-refractivity contribution in [2.24, 2.45) is 0 Å². The van der Waals surface area contributed by atoms with E-state index in [9.17, 15) is 15.0 Å². The van der Waals surface area contributed by atoms with Gasteiger partial charge in [0.1, 0.15) is 24.1 Å². The van der Waals surface area contributed by atoms with Crippen molar-refractivity contribution >= 4 is 22.9 Å². The van der Waals surface area contributed by atoms with Gasteiger partial charge in [-0.15, -0.1) is 0 Å². The number of hydrogen-bond donors (Lipinski definition) is 6. The third-order valence-corrected chi connectivity index (χ3v) is 5.08. The highest BCUT2D eigenvalue weighted by Gasteiger charge is 2.44. The third kappa shape index (κ3) is 3.46. The number of ether oxygens (including phenoxy) is 1. The first-order valence-electron chi connectivity index (χ1n) is 9.00. The Hall–Kier alpha value is -2.34. The summed E-state index contributed by atoms with van der Waals surface area (Å²) in [5.41, 5.74) is 1.04. The average molecular weight is 377 g/mol. The van der Waals surface area contributed by atoms with E-state index in [0.29, 0.717) is 17.0 Å². The van der Waals surface area contributed by atoms with Crippen LogP contribution in [0.4, 0.5) is 5.82 Å². The Labute approximate surface area is 154 Å². The number of aromatic nitrogens is 4. The van der Waals surface area contributed by atoms with Crippen molar-refractivity contribution in [3.8, 4) is 0 Å². The van der Waals surface area contributed by atoms with Crippen LogP contribution in [0.15, 0.2) is 12.7 Å². The van der Waals surface area contributed by atoms with Crippen LogP contribution in [-0.2, 0) is 9.53 Å². The standard InChI is InChI=1S/C16H23N7O4/c1-7-9(22-15(26)8-3-2-4-17-8)11(24)12(25)16(27-7)23-14-10-13(19-5-18-10)20-6-21-14/h5-9,11-12,16-17,24-25H,2-4H2,1H3,(H,22,26)(H2,18,19,20,21,23)/t7-,8+,9-,11+,12-,16-/m0/s1. The van der Waals surface area contributed by atoms with Gasteiger partial charge in [-0.2, -0.15) is 0 Å². The molecule has 2 aromatic heterocycles. The molecule has 6 atom stereocenters. The topological polar surface area (TPSA) is 157 Å². The number of rotatable bonds is 4. The van der Waals surface area contributed by atoms with E-state index in [1.807, 2.05) is 0 Å². The van der Waals surface area contributed by atoms with Crippen LogP contribution >= 0.6 is 0 Å². The van der Waals surface area contributed by atoms with Gasteiger partial charge in [0, 0.05) is 0 Å². The number of carbonyl (C=O) groups is 1. The molecule has 11 nitrogen and oxygen atoms in total. The summed E-state index contributed by atoms with van der Waals surface area (Å²) < 4.78 is 5.82. The second kappa shape index (κ2) is 7.35. The van der Waals surface area contributed by atoms with Gasteiger partial charge in [-0.1, -0.05) is 0 Å². The van der Waals surface area contributed by atoms with Gasteiger partial charge in [0.2, 0.25) is 5.91 Å². The molecule has 1 amide bonds. The summed E-state index contributed by atoms with van der Waals surface area (Å²) in [7, 11) is 0. The number of H-pyrrole nitrogens is 1. The van der Waals surface area contributed by atoms with E-state index in [1.165, 1.54) is 12.7 Å². The summed E-state index contributed by atoms with van der Waals surface area (Å²) in [4.78, 5) is 27.5. The number of anilines is 1. The molecule has 2 saturated heterocycles. The van der Waals surface area contributed by atoms with Gasteiger partial charge < -0.3 is 35.9 Å². The van der Waals surface area contributed by atoms with Crippen LogP contribution in [0.3, 0.4) is 0 Å². The van der Waals surface area contributed by atoms with Gasteiger partial charge in [0.15, 0.2) is 17.7 Å². The van der Waals surface area contributed by atoms with Crippen LogP contribution in [0.2, 0.25) is 0 Å². The number of nitrogens with zero attached hydrogens (tertiary/aromatic N) is 3. The first-order chi connectivity index (χ1) is 13.0. The Balaban J connectivity index is 1.45. The van der Waals surface area contributed by atoms with E-state index in [2.05, 4.69) is 35.9 Å². The molecule has 6 N–H and O–H groups in total. The molecule has 0 saturated carbocycles. The molecule has 2 aromatic rings. The lowest BCUT2D eigenvalue weighted by Gasteiger charge is -2.42. The molecule has 0 aromatic carbocycles. The minimum atomic E-state index is -1.27. The maximum atomic E-state index is 12.3. The van der Waals surface area contributed by atoms with Crippen molar-refractivity contribution in [2.75, 3.05) is 11.9 Å². The van der Waals surface area contributed by atoms with Crippen LogP contribution in [-0.4, -0.2) is 79.2 Å². The Morgan fingerprint density at radius 2 is 2.15 bits per heavy atom. The maximum absolute atomic E-state index is 12.3. The number of hydrogen-bond acceptors (Lipinski definition) is 9. The number of amides is 1. The molecule has 0 aliphatic carbocycles. The minimum absolute atomic E-state index is 0.194. The number of imidazole rings is 1. The fraction of sp³-hybridized carbons (Fsp3) is 0.625. The van der Waals surface area contributed by atoms with Gasteiger partial charge in [0.25, 0.3) is 0 Å². The number of aliphatic hydroxyl groups excluding tert-OH is 2. The van der Waals surface area contributed by atoms with Gasteiger partial charge >= 0.3 is 0 Å². The Morgan fingerprint density at radius 3 is 2.93 bits per heavy atom. The lowest BCUT2D eigenvalue weighted by molar-refractivity contribution is -0.173. The van der Waals surface area contributed by atoms with Crippen molar-refractivity contribution in [3.05, 3.63) is 12.7 Å². The Bertz CT molecular complexity index is 809. The smallest absolute Gasteiger partial charge is 0.237 e. The average Bonchev–Trinajstić information content (AvgIpc) is 3.34. The fourth-order valence-electron chi connectivity index (χ4n) is 3.57. The quantitative estimate of drug-likeness (QED) is 0.372. The zero-order chi connectivity index (χ0) is 19.0. The zero-order valence-electron chi connectivity index (χ0n) is 14.8. The molecule has 2 aliphatic heterocycles. The molecule has 4 rings (SSSR count). The number of aliphatic hydroxyl groups is 2. The van der Waals surface area contributed by atoms with Crippen LogP contribution < -0.4 is 16.0 Å². The van der Waals surface area contributed by atoms with Gasteiger partial charge in [-0.05, 0) is 26.3 Å².